The smallest absolute Gasteiger partial charge is 0.263 e. The molecule has 21 heavy (non-hydrogen) atoms. The summed E-state index contributed by atoms with van der Waals surface area (Å²) in [5.41, 5.74) is 6.80. The molecule has 0 aliphatic carbocycles. The summed E-state index contributed by atoms with van der Waals surface area (Å²) >= 11 is 3.09. The molecule has 1 aromatic rings. The summed E-state index contributed by atoms with van der Waals surface area (Å²) in [4.78, 5) is 16.0. The number of nitrogen functional groups attached to an aromatic ring is 1. The van der Waals surface area contributed by atoms with Crippen molar-refractivity contribution in [1.29, 1.82) is 0 Å². The Morgan fingerprint density at radius 3 is 2.95 bits per heavy atom. The normalized spacial score (nSPS) is 18.8. The number of amides is 1. The second kappa shape index (κ2) is 7.38. The minimum absolute atomic E-state index is 0.0816. The summed E-state index contributed by atoms with van der Waals surface area (Å²) in [7, 11) is 0. The average molecular weight is 329 g/mol. The van der Waals surface area contributed by atoms with Crippen molar-refractivity contribution in [2.24, 2.45) is 0 Å². The first-order valence-electron chi connectivity index (χ1n) is 7.23. The van der Waals surface area contributed by atoms with Gasteiger partial charge in [0.1, 0.15) is 9.88 Å². The zero-order valence-electron chi connectivity index (χ0n) is 12.8. The van der Waals surface area contributed by atoms with Crippen molar-refractivity contribution in [1.82, 2.24) is 5.32 Å². The summed E-state index contributed by atoms with van der Waals surface area (Å²) < 4.78 is 5.72. The second-order valence-corrected chi connectivity index (χ2v) is 6.71. The number of nitrogens with zero attached hydrogens (tertiary/aromatic N) is 1. The molecule has 7 heteroatoms. The van der Waals surface area contributed by atoms with E-state index >= 15 is 0 Å². The van der Waals surface area contributed by atoms with Crippen LogP contribution in [0.4, 0.5) is 10.7 Å². The van der Waals surface area contributed by atoms with Crippen LogP contribution in [-0.4, -0.2) is 44.5 Å². The number of nitrogens with two attached hydrogens (primary N) is 1. The minimum Gasteiger partial charge on any atom is -0.396 e. The molecule has 1 aliphatic rings. The van der Waals surface area contributed by atoms with Crippen LogP contribution < -0.4 is 16.0 Å². The van der Waals surface area contributed by atoms with E-state index in [-0.39, 0.29) is 12.0 Å². The van der Waals surface area contributed by atoms with Crippen molar-refractivity contribution in [3.8, 4) is 0 Å². The Balaban J connectivity index is 2.30. The summed E-state index contributed by atoms with van der Waals surface area (Å²) in [6.07, 6.45) is 3.25. The number of ether oxygens (including phenoxy) is 1. The molecule has 3 N–H and O–H groups in total. The number of carbonyl (C=O) groups is 1. The molecule has 1 aliphatic heterocycles. The van der Waals surface area contributed by atoms with Gasteiger partial charge in [0.2, 0.25) is 0 Å². The van der Waals surface area contributed by atoms with Crippen LogP contribution in [0.2, 0.25) is 0 Å². The van der Waals surface area contributed by atoms with Gasteiger partial charge in [-0.3, -0.25) is 4.79 Å². The second-order valence-electron chi connectivity index (χ2n) is 4.89. The van der Waals surface area contributed by atoms with Gasteiger partial charge in [-0.2, -0.15) is 0 Å². The van der Waals surface area contributed by atoms with Crippen LogP contribution in [0.1, 0.15) is 29.9 Å². The van der Waals surface area contributed by atoms with Crippen LogP contribution in [0.5, 0.6) is 0 Å². The first-order chi connectivity index (χ1) is 10.1. The molecule has 1 saturated heterocycles. The molecule has 0 saturated carbocycles. The number of carbonyl (C=O) groups excluding carboxylic acids is 1. The Morgan fingerprint density at radius 2 is 2.33 bits per heavy atom. The maximum atomic E-state index is 12.1. The molecule has 0 radical (unpaired) electrons. The van der Waals surface area contributed by atoms with Crippen LogP contribution in [0.25, 0.3) is 0 Å². The monoisotopic (exact) mass is 329 g/mol. The number of rotatable bonds is 5. The van der Waals surface area contributed by atoms with Crippen LogP contribution in [0.3, 0.4) is 0 Å². The maximum Gasteiger partial charge on any atom is 0.263 e. The summed E-state index contributed by atoms with van der Waals surface area (Å²) in [6.45, 7) is 7.08. The molecule has 1 unspecified atom stereocenters. The molecule has 1 amide bonds. The Hall–Kier alpha value is -0.920. The van der Waals surface area contributed by atoms with Gasteiger partial charge in [0.05, 0.1) is 23.3 Å². The first kappa shape index (κ1) is 16.5. The van der Waals surface area contributed by atoms with Crippen LogP contribution in [-0.2, 0) is 4.74 Å². The molecule has 5 nitrogen and oxygen atoms in total. The van der Waals surface area contributed by atoms with E-state index in [0.29, 0.717) is 17.1 Å². The Morgan fingerprint density at radius 1 is 1.57 bits per heavy atom. The molecule has 1 atom stereocenters. The van der Waals surface area contributed by atoms with Gasteiger partial charge in [-0.25, -0.2) is 0 Å². The Bertz CT molecular complexity index is 505. The van der Waals surface area contributed by atoms with Crippen LogP contribution >= 0.6 is 23.1 Å². The number of morpholine rings is 1. The lowest BCUT2D eigenvalue weighted by molar-refractivity contribution is 0.0385. The van der Waals surface area contributed by atoms with Crippen molar-refractivity contribution < 1.29 is 9.53 Å². The third kappa shape index (κ3) is 3.46. The van der Waals surface area contributed by atoms with Gasteiger partial charge in [-0.1, -0.05) is 6.92 Å². The molecule has 2 heterocycles. The van der Waals surface area contributed by atoms with Gasteiger partial charge in [-0.15, -0.1) is 23.1 Å². The van der Waals surface area contributed by atoms with Crippen molar-refractivity contribution in [3.05, 3.63) is 4.88 Å². The van der Waals surface area contributed by atoms with Crippen LogP contribution in [0, 0.1) is 0 Å². The fraction of sp³-hybridized carbons (Fsp3) is 0.643. The molecule has 1 fully saturated rings. The van der Waals surface area contributed by atoms with Crippen molar-refractivity contribution in [3.63, 3.8) is 0 Å². The highest BCUT2D eigenvalue weighted by Crippen LogP contribution is 2.44. The van der Waals surface area contributed by atoms with E-state index in [2.05, 4.69) is 17.1 Å². The van der Waals surface area contributed by atoms with Gasteiger partial charge >= 0.3 is 0 Å². The Kier molecular flexibility index (Phi) is 5.78. The van der Waals surface area contributed by atoms with Gasteiger partial charge in [0, 0.05) is 19.6 Å². The molecule has 0 spiro atoms. The lowest BCUT2D eigenvalue weighted by Gasteiger charge is -2.33. The molecule has 1 aromatic heterocycles. The number of nitrogens with one attached hydrogen (secondary N) is 1. The topological polar surface area (TPSA) is 67.6 Å². The lowest BCUT2D eigenvalue weighted by Crippen LogP contribution is -2.42. The van der Waals surface area contributed by atoms with Crippen LogP contribution in [0.15, 0.2) is 4.90 Å². The van der Waals surface area contributed by atoms with Gasteiger partial charge in [-0.05, 0) is 19.6 Å². The van der Waals surface area contributed by atoms with E-state index in [0.717, 1.165) is 36.0 Å². The number of hydrogen-bond donors (Lipinski definition) is 2. The van der Waals surface area contributed by atoms with E-state index in [1.165, 1.54) is 11.3 Å². The van der Waals surface area contributed by atoms with Crippen molar-refractivity contribution in [2.45, 2.75) is 31.3 Å². The Labute approximate surface area is 134 Å². The highest BCUT2D eigenvalue weighted by molar-refractivity contribution is 7.99. The lowest BCUT2D eigenvalue weighted by atomic mass is 10.2. The van der Waals surface area contributed by atoms with Gasteiger partial charge in [0.15, 0.2) is 0 Å². The fourth-order valence-electron chi connectivity index (χ4n) is 2.38. The van der Waals surface area contributed by atoms with Gasteiger partial charge < -0.3 is 20.7 Å². The highest BCUT2D eigenvalue weighted by atomic mass is 32.2. The van der Waals surface area contributed by atoms with Crippen molar-refractivity contribution >= 4 is 39.7 Å². The van der Waals surface area contributed by atoms with E-state index in [4.69, 9.17) is 10.5 Å². The molecule has 118 valence electrons. The standard InChI is InChI=1S/C14H23N3O2S2/c1-4-9-8-17(6-7-19-9)14-12(20-3)10(15)11(21-14)13(18)16-5-2/h9H,4-8,15H2,1-3H3,(H,16,18). The summed E-state index contributed by atoms with van der Waals surface area (Å²) in [5, 5.41) is 3.93. The molecule has 0 bridgehead atoms. The highest BCUT2D eigenvalue weighted by Gasteiger charge is 2.27. The summed E-state index contributed by atoms with van der Waals surface area (Å²) in [5.74, 6) is -0.0816. The average Bonchev–Trinajstić information content (AvgIpc) is 2.84. The minimum atomic E-state index is -0.0816. The zero-order chi connectivity index (χ0) is 15.4. The van der Waals surface area contributed by atoms with Crippen molar-refractivity contribution in [2.75, 3.05) is 43.1 Å². The SMILES string of the molecule is CCNC(=O)c1sc(N2CCOC(CC)C2)c(SC)c1N. The third-order valence-corrected chi connectivity index (χ3v) is 5.73. The molecular weight excluding hydrogens is 306 g/mol. The number of thioether (sulfide) groups is 1. The zero-order valence-corrected chi connectivity index (χ0v) is 14.4. The number of hydrogen-bond acceptors (Lipinski definition) is 6. The maximum absolute atomic E-state index is 12.1. The summed E-state index contributed by atoms with van der Waals surface area (Å²) in [6, 6.07) is 0. The largest absolute Gasteiger partial charge is 0.396 e. The predicted molar refractivity (Wildman–Crippen MR) is 90.8 cm³/mol. The van der Waals surface area contributed by atoms with E-state index in [1.807, 2.05) is 13.2 Å². The van der Waals surface area contributed by atoms with E-state index in [9.17, 15) is 4.79 Å². The molecule has 0 aromatic carbocycles. The predicted octanol–water partition coefficient (Wildman–Crippen LogP) is 2.42. The fourth-order valence-corrected chi connectivity index (χ4v) is 4.52. The molecular formula is C14H23N3O2S2. The molecule has 2 rings (SSSR count). The first-order valence-corrected chi connectivity index (χ1v) is 9.27. The van der Waals surface area contributed by atoms with E-state index < -0.39 is 0 Å². The third-order valence-electron chi connectivity index (χ3n) is 3.51. The van der Waals surface area contributed by atoms with Gasteiger partial charge in [0.25, 0.3) is 5.91 Å². The number of anilines is 2. The quantitative estimate of drug-likeness (QED) is 0.812. The van der Waals surface area contributed by atoms with E-state index in [1.54, 1.807) is 11.8 Å². The number of thiophene rings is 1.